The van der Waals surface area contributed by atoms with Crippen LogP contribution in [0.5, 0.6) is 0 Å². The highest BCUT2D eigenvalue weighted by Crippen LogP contribution is 2.13. The average molecular weight is 461 g/mol. The number of carbonyl (C=O) groups excluding carboxylic acids is 4. The molecule has 3 N–H and O–H groups in total. The van der Waals surface area contributed by atoms with E-state index in [-0.39, 0.29) is 45.0 Å². The lowest BCUT2D eigenvalue weighted by Gasteiger charge is -2.21. The lowest BCUT2D eigenvalue weighted by molar-refractivity contribution is -0.155. The summed E-state index contributed by atoms with van der Waals surface area (Å²) in [5.74, 6) is -2.85. The van der Waals surface area contributed by atoms with Crippen molar-refractivity contribution in [3.63, 3.8) is 0 Å². The van der Waals surface area contributed by atoms with Crippen LogP contribution in [0.1, 0.15) is 44.6 Å². The molecule has 0 aliphatic carbocycles. The smallest absolute Gasteiger partial charge is 0.332 e. The second kappa shape index (κ2) is 14.1. The Morgan fingerprint density at radius 3 is 2.73 bits per heavy atom. The predicted molar refractivity (Wildman–Crippen MR) is 120 cm³/mol. The van der Waals surface area contributed by atoms with Crippen LogP contribution in [0.4, 0.5) is 0 Å². The van der Waals surface area contributed by atoms with Crippen molar-refractivity contribution in [2.45, 2.75) is 57.7 Å². The number of carbonyl (C=O) groups is 4. The highest BCUT2D eigenvalue weighted by molar-refractivity contribution is 5.89. The molecule has 1 aliphatic heterocycles. The number of cyclic esters (lactones) is 1. The Bertz CT molecular complexity index is 825. The van der Waals surface area contributed by atoms with Gasteiger partial charge >= 0.3 is 11.9 Å². The number of nitrogens with one attached hydrogen (secondary N) is 2. The summed E-state index contributed by atoms with van der Waals surface area (Å²) in [5.41, 5.74) is 0.775. The van der Waals surface area contributed by atoms with E-state index >= 15 is 0 Å². The van der Waals surface area contributed by atoms with E-state index in [1.54, 1.807) is 25.1 Å². The molecule has 0 saturated heterocycles. The molecule has 0 fully saturated rings. The van der Waals surface area contributed by atoms with Crippen molar-refractivity contribution in [3.8, 4) is 0 Å². The Hall–Kier alpha value is -3.20. The van der Waals surface area contributed by atoms with E-state index in [4.69, 9.17) is 14.6 Å². The fourth-order valence-corrected chi connectivity index (χ4v) is 3.16. The van der Waals surface area contributed by atoms with E-state index in [9.17, 15) is 19.2 Å². The van der Waals surface area contributed by atoms with E-state index < -0.39 is 35.8 Å². The molecule has 3 atom stereocenters. The van der Waals surface area contributed by atoms with Crippen molar-refractivity contribution in [3.05, 3.63) is 48.0 Å². The Morgan fingerprint density at radius 2 is 2.00 bits per heavy atom. The van der Waals surface area contributed by atoms with Gasteiger partial charge in [0.2, 0.25) is 11.8 Å². The van der Waals surface area contributed by atoms with Crippen LogP contribution in [0.15, 0.2) is 42.5 Å². The van der Waals surface area contributed by atoms with Gasteiger partial charge in [-0.25, -0.2) is 4.79 Å². The fraction of sp³-hybridized carbons (Fsp3) is 0.500. The van der Waals surface area contributed by atoms with Crippen molar-refractivity contribution in [2.75, 3.05) is 13.2 Å². The minimum atomic E-state index is -1.20. The van der Waals surface area contributed by atoms with Crippen LogP contribution in [0.25, 0.3) is 0 Å². The van der Waals surface area contributed by atoms with Crippen LogP contribution in [-0.2, 0) is 35.3 Å². The standard InChI is InChI=1S/C24H32N2O7/c1-17(14-27)25-21(28)13-19-11-7-2-3-8-12-22(29)32-16-20(26-23(19)30)24(31)33-15-18-9-5-4-6-10-18/h2,4-7,9-10,17,19-20,27H,3,8,11-16H2,1H3,(H,25,28)(H,26,30)/t17-,19+,20+/m0/s1. The summed E-state index contributed by atoms with van der Waals surface area (Å²) < 4.78 is 10.5. The van der Waals surface area contributed by atoms with Gasteiger partial charge in [0.25, 0.3) is 0 Å². The maximum absolute atomic E-state index is 13.0. The first-order chi connectivity index (χ1) is 15.9. The van der Waals surface area contributed by atoms with E-state index in [1.165, 1.54) is 0 Å². The maximum Gasteiger partial charge on any atom is 0.332 e. The van der Waals surface area contributed by atoms with Crippen molar-refractivity contribution in [2.24, 2.45) is 5.92 Å². The van der Waals surface area contributed by atoms with Crippen LogP contribution in [0, 0.1) is 5.92 Å². The molecular formula is C24H32N2O7. The van der Waals surface area contributed by atoms with Crippen molar-refractivity contribution in [1.82, 2.24) is 10.6 Å². The quantitative estimate of drug-likeness (QED) is 0.414. The van der Waals surface area contributed by atoms with Crippen LogP contribution in [0.3, 0.4) is 0 Å². The molecular weight excluding hydrogens is 428 g/mol. The lowest BCUT2D eigenvalue weighted by atomic mass is 9.98. The van der Waals surface area contributed by atoms with Crippen LogP contribution in [0.2, 0.25) is 0 Å². The number of aliphatic hydroxyl groups excluding tert-OH is 1. The molecule has 1 aliphatic rings. The summed E-state index contributed by atoms with van der Waals surface area (Å²) in [6, 6.07) is 7.42. The molecule has 1 aromatic carbocycles. The van der Waals surface area contributed by atoms with Crippen LogP contribution < -0.4 is 10.6 Å². The Balaban J connectivity index is 2.10. The number of amides is 2. The number of ether oxygens (including phenoxy) is 2. The number of esters is 2. The summed E-state index contributed by atoms with van der Waals surface area (Å²) in [7, 11) is 0. The summed E-state index contributed by atoms with van der Waals surface area (Å²) in [6.45, 7) is 1.08. The van der Waals surface area contributed by atoms with Gasteiger partial charge in [0, 0.05) is 18.9 Å². The third kappa shape index (κ3) is 9.86. The van der Waals surface area contributed by atoms with Gasteiger partial charge in [-0.05, 0) is 31.7 Å². The van der Waals surface area contributed by atoms with Gasteiger partial charge in [-0.3, -0.25) is 14.4 Å². The minimum absolute atomic E-state index is 0.00755. The molecule has 0 bridgehead atoms. The highest BCUT2D eigenvalue weighted by Gasteiger charge is 2.29. The third-order valence-corrected chi connectivity index (χ3v) is 5.06. The number of aliphatic hydroxyl groups is 1. The topological polar surface area (TPSA) is 131 Å². The van der Waals surface area contributed by atoms with Gasteiger partial charge in [-0.1, -0.05) is 42.5 Å². The molecule has 1 heterocycles. The van der Waals surface area contributed by atoms with Crippen molar-refractivity contribution < 1.29 is 33.8 Å². The third-order valence-electron chi connectivity index (χ3n) is 5.06. The normalized spacial score (nSPS) is 20.8. The van der Waals surface area contributed by atoms with Gasteiger partial charge < -0.3 is 25.2 Å². The molecule has 9 heteroatoms. The van der Waals surface area contributed by atoms with Crippen LogP contribution >= 0.6 is 0 Å². The molecule has 1 aromatic rings. The second-order valence-electron chi connectivity index (χ2n) is 7.99. The van der Waals surface area contributed by atoms with Crippen molar-refractivity contribution >= 4 is 23.8 Å². The first kappa shape index (κ1) is 26.1. The van der Waals surface area contributed by atoms with Crippen molar-refractivity contribution in [1.29, 1.82) is 0 Å². The SMILES string of the molecule is C[C@@H](CO)NC(=O)C[C@H]1CC=CCCCC(=O)OC[C@H](C(=O)OCc2ccccc2)NC1=O. The van der Waals surface area contributed by atoms with E-state index in [0.717, 1.165) is 5.56 Å². The zero-order valence-electron chi connectivity index (χ0n) is 18.8. The largest absolute Gasteiger partial charge is 0.463 e. The van der Waals surface area contributed by atoms with E-state index in [1.807, 2.05) is 24.3 Å². The monoisotopic (exact) mass is 460 g/mol. The Morgan fingerprint density at radius 1 is 1.24 bits per heavy atom. The first-order valence-corrected chi connectivity index (χ1v) is 11.1. The number of hydrogen-bond acceptors (Lipinski definition) is 7. The molecule has 0 radical (unpaired) electrons. The molecule has 0 unspecified atom stereocenters. The fourth-order valence-electron chi connectivity index (χ4n) is 3.16. The van der Waals surface area contributed by atoms with Gasteiger partial charge in [0.1, 0.15) is 13.2 Å². The molecule has 0 spiro atoms. The zero-order valence-corrected chi connectivity index (χ0v) is 18.8. The lowest BCUT2D eigenvalue weighted by Crippen LogP contribution is -2.48. The molecule has 2 rings (SSSR count). The van der Waals surface area contributed by atoms with Crippen LogP contribution in [-0.4, -0.2) is 54.2 Å². The van der Waals surface area contributed by atoms with Gasteiger partial charge in [-0.2, -0.15) is 0 Å². The molecule has 0 saturated carbocycles. The Labute approximate surface area is 193 Å². The number of hydrogen-bond donors (Lipinski definition) is 3. The molecule has 2 amide bonds. The highest BCUT2D eigenvalue weighted by atomic mass is 16.6. The summed E-state index contributed by atoms with van der Waals surface area (Å²) in [4.78, 5) is 49.9. The number of allylic oxidation sites excluding steroid dienone is 2. The molecule has 9 nitrogen and oxygen atoms in total. The molecule has 33 heavy (non-hydrogen) atoms. The summed E-state index contributed by atoms with van der Waals surface area (Å²) >= 11 is 0. The minimum Gasteiger partial charge on any atom is -0.463 e. The predicted octanol–water partition coefficient (Wildman–Crippen LogP) is 1.39. The Kier molecular flexibility index (Phi) is 11.1. The summed E-state index contributed by atoms with van der Waals surface area (Å²) in [5, 5.41) is 14.3. The number of rotatable bonds is 7. The molecule has 180 valence electrons. The molecule has 0 aromatic heterocycles. The first-order valence-electron chi connectivity index (χ1n) is 11.1. The number of benzene rings is 1. The zero-order chi connectivity index (χ0) is 24.1. The summed E-state index contributed by atoms with van der Waals surface area (Å²) in [6.07, 6.45) is 5.19. The average Bonchev–Trinajstić information content (AvgIpc) is 2.82. The van der Waals surface area contributed by atoms with E-state index in [0.29, 0.717) is 12.8 Å². The second-order valence-corrected chi connectivity index (χ2v) is 7.99. The van der Waals surface area contributed by atoms with Gasteiger partial charge in [0.15, 0.2) is 6.04 Å². The van der Waals surface area contributed by atoms with Gasteiger partial charge in [-0.15, -0.1) is 0 Å². The van der Waals surface area contributed by atoms with Gasteiger partial charge in [0.05, 0.1) is 12.5 Å². The maximum atomic E-state index is 13.0. The van der Waals surface area contributed by atoms with E-state index in [2.05, 4.69) is 10.6 Å².